The van der Waals surface area contributed by atoms with Crippen LogP contribution in [0.5, 0.6) is 11.5 Å². The van der Waals surface area contributed by atoms with Gasteiger partial charge in [0.05, 0.1) is 5.41 Å². The molecule has 1 aromatic heterocycles. The molecule has 216 valence electrons. The van der Waals surface area contributed by atoms with Crippen molar-refractivity contribution in [1.82, 2.24) is 0 Å². The number of hydrogen-bond acceptors (Lipinski definition) is 3. The molecule has 3 nitrogen and oxygen atoms in total. The summed E-state index contributed by atoms with van der Waals surface area (Å²) in [5.74, 6) is 1.82. The summed E-state index contributed by atoms with van der Waals surface area (Å²) in [5, 5.41) is 5.88. The van der Waals surface area contributed by atoms with Crippen molar-refractivity contribution in [3.63, 3.8) is 0 Å². The van der Waals surface area contributed by atoms with E-state index in [0.29, 0.717) is 0 Å². The summed E-state index contributed by atoms with van der Waals surface area (Å²) in [6, 6.07) is 56.0. The minimum atomic E-state index is -0.450. The number of hydrogen-bond donors (Lipinski definition) is 1. The molecule has 0 amide bonds. The van der Waals surface area contributed by atoms with Gasteiger partial charge in [0.25, 0.3) is 0 Å². The molecular formula is C43H27NO2. The SMILES string of the molecule is c1cc(Nc2ccc3c(c2)oc2ccccc23)cc(-c2ccc3c(c2)-c2ccccc2C32c3ccccc3Oc3ccccc32)c1. The fourth-order valence-corrected chi connectivity index (χ4v) is 7.79. The molecule has 3 heteroatoms. The van der Waals surface area contributed by atoms with Crippen molar-refractivity contribution in [2.24, 2.45) is 0 Å². The standard InChI is InChI=1S/C43H27NO2/c1-3-14-35-31(12-1)34-25-28(20-23-36(34)43(35)37-15-4-7-18-40(37)46-41-19-8-5-16-38(41)43)27-10-9-11-29(24-27)44-30-21-22-33-32-13-2-6-17-39(32)45-42(33)26-30/h1-26,44H. The number of para-hydroxylation sites is 3. The molecule has 1 aliphatic heterocycles. The zero-order chi connectivity index (χ0) is 30.2. The van der Waals surface area contributed by atoms with Gasteiger partial charge in [0, 0.05) is 39.3 Å². The zero-order valence-electron chi connectivity index (χ0n) is 24.8. The largest absolute Gasteiger partial charge is 0.457 e. The number of ether oxygens (including phenoxy) is 1. The normalized spacial score (nSPS) is 13.6. The van der Waals surface area contributed by atoms with E-state index in [0.717, 1.165) is 50.4 Å². The Balaban J connectivity index is 1.09. The predicted octanol–water partition coefficient (Wildman–Crippen LogP) is 11.5. The van der Waals surface area contributed by atoms with Gasteiger partial charge in [-0.3, -0.25) is 0 Å². The van der Waals surface area contributed by atoms with E-state index in [9.17, 15) is 0 Å². The van der Waals surface area contributed by atoms with Crippen LogP contribution in [0.3, 0.4) is 0 Å². The molecule has 2 aliphatic rings. The Bertz CT molecular complexity index is 2460. The summed E-state index contributed by atoms with van der Waals surface area (Å²) in [6.07, 6.45) is 0. The lowest BCUT2D eigenvalue weighted by Gasteiger charge is -2.39. The van der Waals surface area contributed by atoms with Crippen molar-refractivity contribution in [1.29, 1.82) is 0 Å². The van der Waals surface area contributed by atoms with Crippen molar-refractivity contribution < 1.29 is 9.15 Å². The average Bonchev–Trinajstić information content (AvgIpc) is 3.62. The van der Waals surface area contributed by atoms with Crippen molar-refractivity contribution >= 4 is 33.3 Å². The summed E-state index contributed by atoms with van der Waals surface area (Å²) < 4.78 is 12.6. The van der Waals surface area contributed by atoms with Gasteiger partial charge >= 0.3 is 0 Å². The first kappa shape index (κ1) is 25.3. The molecule has 1 spiro atoms. The monoisotopic (exact) mass is 589 g/mol. The Kier molecular flexibility index (Phi) is 5.20. The summed E-state index contributed by atoms with van der Waals surface area (Å²) in [5.41, 5.74) is 13.1. The maximum atomic E-state index is 6.48. The number of furan rings is 1. The number of benzene rings is 7. The molecule has 46 heavy (non-hydrogen) atoms. The number of rotatable bonds is 3. The van der Waals surface area contributed by atoms with Gasteiger partial charge in [0.2, 0.25) is 0 Å². The maximum Gasteiger partial charge on any atom is 0.137 e. The van der Waals surface area contributed by atoms with Crippen LogP contribution >= 0.6 is 0 Å². The Labute approximate surface area is 266 Å². The van der Waals surface area contributed by atoms with E-state index >= 15 is 0 Å². The highest BCUT2D eigenvalue weighted by atomic mass is 16.5. The van der Waals surface area contributed by atoms with Crippen LogP contribution in [0, 0.1) is 0 Å². The second-order valence-corrected chi connectivity index (χ2v) is 12.2. The van der Waals surface area contributed by atoms with Gasteiger partial charge in [-0.05, 0) is 81.9 Å². The lowest BCUT2D eigenvalue weighted by Crippen LogP contribution is -2.32. The second-order valence-electron chi connectivity index (χ2n) is 12.2. The molecule has 0 radical (unpaired) electrons. The smallest absolute Gasteiger partial charge is 0.137 e. The molecule has 0 atom stereocenters. The number of fused-ring (bicyclic) bond motifs is 12. The topological polar surface area (TPSA) is 34.4 Å². The Morgan fingerprint density at radius 2 is 1.07 bits per heavy atom. The Hall–Kier alpha value is -6.06. The van der Waals surface area contributed by atoms with Crippen LogP contribution in [0.4, 0.5) is 11.4 Å². The predicted molar refractivity (Wildman–Crippen MR) is 186 cm³/mol. The minimum Gasteiger partial charge on any atom is -0.457 e. The van der Waals surface area contributed by atoms with E-state index in [4.69, 9.17) is 9.15 Å². The van der Waals surface area contributed by atoms with Crippen molar-refractivity contribution in [3.05, 3.63) is 180 Å². The minimum absolute atomic E-state index is 0.450. The molecule has 7 aromatic carbocycles. The maximum absolute atomic E-state index is 6.48. The van der Waals surface area contributed by atoms with Gasteiger partial charge in [-0.25, -0.2) is 0 Å². The van der Waals surface area contributed by atoms with Crippen LogP contribution in [0.15, 0.2) is 162 Å². The quantitative estimate of drug-likeness (QED) is 0.223. The van der Waals surface area contributed by atoms with Gasteiger partial charge in [0.15, 0.2) is 0 Å². The fourth-order valence-electron chi connectivity index (χ4n) is 7.79. The van der Waals surface area contributed by atoms with Crippen LogP contribution < -0.4 is 10.1 Å². The van der Waals surface area contributed by atoms with E-state index in [2.05, 4.69) is 145 Å². The van der Waals surface area contributed by atoms with Crippen LogP contribution in [0.1, 0.15) is 22.3 Å². The van der Waals surface area contributed by atoms with Crippen LogP contribution in [0.2, 0.25) is 0 Å². The van der Waals surface area contributed by atoms with Crippen LogP contribution in [0.25, 0.3) is 44.2 Å². The first-order chi connectivity index (χ1) is 22.8. The van der Waals surface area contributed by atoms with E-state index in [1.807, 2.05) is 18.2 Å². The van der Waals surface area contributed by atoms with Gasteiger partial charge in [-0.2, -0.15) is 0 Å². The number of nitrogens with one attached hydrogen (secondary N) is 1. The van der Waals surface area contributed by atoms with Gasteiger partial charge in [-0.15, -0.1) is 0 Å². The third-order valence-electron chi connectivity index (χ3n) is 9.71. The van der Waals surface area contributed by atoms with E-state index < -0.39 is 5.41 Å². The molecule has 8 aromatic rings. The van der Waals surface area contributed by atoms with E-state index in [1.165, 1.54) is 38.9 Å². The molecular weight excluding hydrogens is 562 g/mol. The molecule has 0 saturated carbocycles. The summed E-state index contributed by atoms with van der Waals surface area (Å²) >= 11 is 0. The summed E-state index contributed by atoms with van der Waals surface area (Å²) in [7, 11) is 0. The first-order valence-electron chi connectivity index (χ1n) is 15.7. The molecule has 0 saturated heterocycles. The zero-order valence-corrected chi connectivity index (χ0v) is 24.8. The molecule has 2 heterocycles. The molecule has 0 unspecified atom stereocenters. The molecule has 10 rings (SSSR count). The third-order valence-corrected chi connectivity index (χ3v) is 9.71. The van der Waals surface area contributed by atoms with Gasteiger partial charge in [-0.1, -0.05) is 103 Å². The highest BCUT2D eigenvalue weighted by Gasteiger charge is 2.50. The second kappa shape index (κ2) is 9.47. The first-order valence-corrected chi connectivity index (χ1v) is 15.7. The van der Waals surface area contributed by atoms with Gasteiger partial charge < -0.3 is 14.5 Å². The van der Waals surface area contributed by atoms with Gasteiger partial charge in [0.1, 0.15) is 22.7 Å². The highest BCUT2D eigenvalue weighted by Crippen LogP contribution is 2.62. The van der Waals surface area contributed by atoms with Crippen LogP contribution in [-0.2, 0) is 5.41 Å². The van der Waals surface area contributed by atoms with Crippen molar-refractivity contribution in [2.45, 2.75) is 5.41 Å². The third kappa shape index (κ3) is 3.48. The fraction of sp³-hybridized carbons (Fsp3) is 0.0233. The molecule has 0 fully saturated rings. The lowest BCUT2D eigenvalue weighted by molar-refractivity contribution is 0.436. The van der Waals surface area contributed by atoms with E-state index in [-0.39, 0.29) is 0 Å². The molecule has 1 aliphatic carbocycles. The van der Waals surface area contributed by atoms with Crippen molar-refractivity contribution in [2.75, 3.05) is 5.32 Å². The van der Waals surface area contributed by atoms with E-state index in [1.54, 1.807) is 0 Å². The Morgan fingerprint density at radius 3 is 1.91 bits per heavy atom. The molecule has 0 bridgehead atoms. The van der Waals surface area contributed by atoms with Crippen LogP contribution in [-0.4, -0.2) is 0 Å². The molecule has 1 N–H and O–H groups in total. The summed E-state index contributed by atoms with van der Waals surface area (Å²) in [6.45, 7) is 0. The van der Waals surface area contributed by atoms with Crippen molar-refractivity contribution in [3.8, 4) is 33.8 Å². The summed E-state index contributed by atoms with van der Waals surface area (Å²) in [4.78, 5) is 0. The highest BCUT2D eigenvalue weighted by molar-refractivity contribution is 6.05. The Morgan fingerprint density at radius 1 is 0.413 bits per heavy atom. The average molecular weight is 590 g/mol. The lowest BCUT2D eigenvalue weighted by atomic mass is 9.66. The number of anilines is 2.